The van der Waals surface area contributed by atoms with Crippen LogP contribution in [0.15, 0.2) is 0 Å². The first kappa shape index (κ1) is 23.3. The Morgan fingerprint density at radius 2 is 1.09 bits per heavy atom. The second kappa shape index (κ2) is 12.4. The zero-order chi connectivity index (χ0) is 8.08. The van der Waals surface area contributed by atoms with E-state index in [1.165, 1.54) is 0 Å². The molecule has 56 valence electrons. The average molecular weight is 234 g/mol. The van der Waals surface area contributed by atoms with Crippen LogP contribution >= 0.6 is 0 Å². The Balaban J connectivity index is -0.0000000383. The van der Waals surface area contributed by atoms with Gasteiger partial charge in [0.05, 0.1) is 0 Å². The van der Waals surface area contributed by atoms with Crippen molar-refractivity contribution < 1.29 is 125 Å². The smallest absolute Gasteiger partial charge is 0.759 e. The van der Waals surface area contributed by atoms with Crippen molar-refractivity contribution in [3.8, 4) is 0 Å². The van der Waals surface area contributed by atoms with Gasteiger partial charge in [-0.25, -0.2) is 4.79 Å². The molecular weight excluding hydrogens is 230 g/mol. The summed E-state index contributed by atoms with van der Waals surface area (Å²) in [7, 11) is -5.17. The van der Waals surface area contributed by atoms with Crippen molar-refractivity contribution >= 4 is 16.4 Å². The van der Waals surface area contributed by atoms with Crippen LogP contribution in [0.4, 0.5) is 4.79 Å². The summed E-state index contributed by atoms with van der Waals surface area (Å²) in [5, 5.41) is 0. The minimum atomic E-state index is -5.17. The number of hydrogen-bond donors (Lipinski definition) is 2. The SMILES string of the molecule is NC(N)=O.O=S(=O)([O-])[O-].[K+].[K+]. The van der Waals surface area contributed by atoms with E-state index in [0.29, 0.717) is 0 Å². The molecule has 4 N–H and O–H groups in total. The third-order valence-electron chi connectivity index (χ3n) is 0. The summed E-state index contributed by atoms with van der Waals surface area (Å²) in [6, 6.07) is -0.833. The number of carbonyl (C=O) groups is 1. The second-order valence-electron chi connectivity index (χ2n) is 0.811. The number of nitrogens with two attached hydrogens (primary N) is 2. The Morgan fingerprint density at radius 1 is 1.09 bits per heavy atom. The first-order chi connectivity index (χ1) is 3.73. The summed E-state index contributed by atoms with van der Waals surface area (Å²) in [5.41, 5.74) is 8.50. The quantitative estimate of drug-likeness (QED) is 0.242. The molecule has 0 aliphatic rings. The molecule has 0 bridgehead atoms. The minimum Gasteiger partial charge on any atom is -0.759 e. The van der Waals surface area contributed by atoms with Crippen molar-refractivity contribution in [3.63, 3.8) is 0 Å². The number of primary amides is 2. The molecule has 0 aromatic rings. The topological polar surface area (TPSA) is 149 Å². The molecule has 2 amide bonds. The van der Waals surface area contributed by atoms with Crippen LogP contribution in [0.25, 0.3) is 0 Å². The fourth-order valence-corrected chi connectivity index (χ4v) is 0. The van der Waals surface area contributed by atoms with Crippen LogP contribution in [0.1, 0.15) is 0 Å². The summed E-state index contributed by atoms with van der Waals surface area (Å²) < 4.78 is 34.1. The molecule has 0 aliphatic heterocycles. The van der Waals surface area contributed by atoms with Crippen LogP contribution in [0.3, 0.4) is 0 Å². The van der Waals surface area contributed by atoms with Gasteiger partial charge in [0.1, 0.15) is 0 Å². The van der Waals surface area contributed by atoms with Crippen LogP contribution < -0.4 is 114 Å². The van der Waals surface area contributed by atoms with Gasteiger partial charge in [0.25, 0.3) is 0 Å². The van der Waals surface area contributed by atoms with E-state index in [1.807, 2.05) is 0 Å². The summed E-state index contributed by atoms with van der Waals surface area (Å²) >= 11 is 0. The first-order valence-electron chi connectivity index (χ1n) is 1.45. The van der Waals surface area contributed by atoms with Gasteiger partial charge in [-0.2, -0.15) is 0 Å². The van der Waals surface area contributed by atoms with Gasteiger partial charge in [-0.05, 0) is 0 Å². The fourth-order valence-electron chi connectivity index (χ4n) is 0. The fraction of sp³-hybridized carbons (Fsp3) is 0. The van der Waals surface area contributed by atoms with Crippen molar-refractivity contribution in [2.45, 2.75) is 0 Å². The van der Waals surface area contributed by atoms with Gasteiger partial charge in [0.2, 0.25) is 0 Å². The van der Waals surface area contributed by atoms with Crippen molar-refractivity contribution in [2.24, 2.45) is 11.5 Å². The molecule has 0 heterocycles. The molecule has 0 saturated carbocycles. The largest absolute Gasteiger partial charge is 1.00 e. The normalized spacial score (nSPS) is 7.45. The van der Waals surface area contributed by atoms with Gasteiger partial charge in [-0.3, -0.25) is 8.42 Å². The molecular formula is CH4K2N2O5S. The maximum atomic E-state index is 9.00. The van der Waals surface area contributed by atoms with Crippen molar-refractivity contribution in [1.82, 2.24) is 0 Å². The number of hydrogen-bond acceptors (Lipinski definition) is 5. The van der Waals surface area contributed by atoms with Gasteiger partial charge in [0, 0.05) is 10.4 Å². The predicted molar refractivity (Wildman–Crippen MR) is 24.2 cm³/mol. The molecule has 7 nitrogen and oxygen atoms in total. The summed E-state index contributed by atoms with van der Waals surface area (Å²) in [5.74, 6) is 0. The molecule has 0 radical (unpaired) electrons. The van der Waals surface area contributed by atoms with Crippen LogP contribution in [0.5, 0.6) is 0 Å². The second-order valence-corrected chi connectivity index (χ2v) is 1.63. The van der Waals surface area contributed by atoms with Gasteiger partial charge in [0.15, 0.2) is 0 Å². The molecule has 0 aliphatic carbocycles. The average Bonchev–Trinajstić information content (AvgIpc) is 1.19. The van der Waals surface area contributed by atoms with Gasteiger partial charge >= 0.3 is 109 Å². The Hall–Kier alpha value is 2.41. The maximum absolute atomic E-state index is 9.00. The minimum absolute atomic E-state index is 0. The first-order valence-corrected chi connectivity index (χ1v) is 2.78. The molecule has 11 heavy (non-hydrogen) atoms. The number of carbonyl (C=O) groups excluding carboxylic acids is 1. The number of urea groups is 1. The number of rotatable bonds is 0. The van der Waals surface area contributed by atoms with Crippen LogP contribution in [-0.2, 0) is 10.4 Å². The molecule has 10 heteroatoms. The zero-order valence-electron chi connectivity index (χ0n) is 6.10. The van der Waals surface area contributed by atoms with E-state index >= 15 is 0 Å². The molecule has 0 rings (SSSR count). The molecule has 0 unspecified atom stereocenters. The number of amides is 2. The van der Waals surface area contributed by atoms with Crippen LogP contribution in [0.2, 0.25) is 0 Å². The molecule has 0 aromatic carbocycles. The molecule has 0 atom stereocenters. The third kappa shape index (κ3) is 231. The van der Waals surface area contributed by atoms with E-state index in [9.17, 15) is 0 Å². The Bertz CT molecular complexity index is 165. The van der Waals surface area contributed by atoms with E-state index in [4.69, 9.17) is 22.3 Å². The molecule has 0 saturated heterocycles. The summed E-state index contributed by atoms with van der Waals surface area (Å²) in [6.45, 7) is 0. The van der Waals surface area contributed by atoms with Crippen molar-refractivity contribution in [1.29, 1.82) is 0 Å². The monoisotopic (exact) mass is 234 g/mol. The molecule has 0 aromatic heterocycles. The summed E-state index contributed by atoms with van der Waals surface area (Å²) in [4.78, 5) is 9.00. The van der Waals surface area contributed by atoms with E-state index in [2.05, 4.69) is 11.5 Å². The van der Waals surface area contributed by atoms with E-state index < -0.39 is 16.4 Å². The van der Waals surface area contributed by atoms with E-state index in [0.717, 1.165) is 0 Å². The van der Waals surface area contributed by atoms with Gasteiger partial charge in [-0.1, -0.05) is 0 Å². The zero-order valence-corrected chi connectivity index (χ0v) is 13.2. The molecule has 0 spiro atoms. The third-order valence-corrected chi connectivity index (χ3v) is 0. The molecule has 0 fully saturated rings. The van der Waals surface area contributed by atoms with E-state index in [1.54, 1.807) is 0 Å². The Morgan fingerprint density at radius 3 is 1.09 bits per heavy atom. The van der Waals surface area contributed by atoms with Crippen molar-refractivity contribution in [3.05, 3.63) is 0 Å². The standard InChI is InChI=1S/CH4N2O.2K.H2O4S/c2-1(3)4;;;1-5(2,3)4/h(H4,2,3,4);;;(H2,1,2,3,4)/q;2*+1;/p-2. The van der Waals surface area contributed by atoms with E-state index in [-0.39, 0.29) is 103 Å². The van der Waals surface area contributed by atoms with Crippen LogP contribution in [-0.4, -0.2) is 23.6 Å². The predicted octanol–water partition coefficient (Wildman–Crippen LogP) is -8.31. The summed E-state index contributed by atoms with van der Waals surface area (Å²) in [6.07, 6.45) is 0. The maximum Gasteiger partial charge on any atom is 1.00 e. The Labute approximate surface area is 149 Å². The van der Waals surface area contributed by atoms with Crippen LogP contribution in [0, 0.1) is 0 Å². The van der Waals surface area contributed by atoms with Gasteiger partial charge in [-0.15, -0.1) is 0 Å². The van der Waals surface area contributed by atoms with Gasteiger partial charge < -0.3 is 20.6 Å². The van der Waals surface area contributed by atoms with Crippen molar-refractivity contribution in [2.75, 3.05) is 0 Å². The Kier molecular flexibility index (Phi) is 26.3.